The zero-order valence-corrected chi connectivity index (χ0v) is 15.4. The number of hydrogen-bond acceptors (Lipinski definition) is 3. The molecule has 1 aliphatic rings. The predicted molar refractivity (Wildman–Crippen MR) is 93.9 cm³/mol. The third-order valence-electron chi connectivity index (χ3n) is 4.44. The lowest BCUT2D eigenvalue weighted by atomic mass is 10.2. The van der Waals surface area contributed by atoms with Gasteiger partial charge in [-0.05, 0) is 61.7 Å². The Morgan fingerprint density at radius 2 is 1.79 bits per heavy atom. The van der Waals surface area contributed by atoms with E-state index in [4.69, 9.17) is 0 Å². The lowest BCUT2D eigenvalue weighted by molar-refractivity contribution is -0.160. The average molecular weight is 416 g/mol. The Kier molecular flexibility index (Phi) is 4.96. The number of carbonyl (C=O) groups is 1. The highest BCUT2D eigenvalue weighted by atomic mass is 32.2. The molecular weight excluding hydrogens is 400 g/mol. The second-order valence-electron chi connectivity index (χ2n) is 6.63. The SMILES string of the molecule is Cc1cc(NC(=O)c2cccc(S(=O)(=O)NC3(C(F)(F)F)CC3)c2)ccc1F. The number of alkyl halides is 3. The highest BCUT2D eigenvalue weighted by Gasteiger charge is 2.65. The van der Waals surface area contributed by atoms with Crippen molar-refractivity contribution in [2.75, 3.05) is 5.32 Å². The first-order valence-corrected chi connectivity index (χ1v) is 9.70. The number of sulfonamides is 1. The van der Waals surface area contributed by atoms with E-state index in [1.807, 2.05) is 0 Å². The third-order valence-corrected chi connectivity index (χ3v) is 5.98. The molecule has 0 unspecified atom stereocenters. The molecule has 1 saturated carbocycles. The van der Waals surface area contributed by atoms with Crippen LogP contribution in [0.1, 0.15) is 28.8 Å². The summed E-state index contributed by atoms with van der Waals surface area (Å²) < 4.78 is 78.8. The van der Waals surface area contributed by atoms with Crippen molar-refractivity contribution in [1.29, 1.82) is 0 Å². The van der Waals surface area contributed by atoms with Crippen LogP contribution in [0.15, 0.2) is 47.4 Å². The van der Waals surface area contributed by atoms with Crippen LogP contribution in [0.2, 0.25) is 0 Å². The maximum atomic E-state index is 13.3. The maximum Gasteiger partial charge on any atom is 0.407 e. The zero-order chi connectivity index (χ0) is 20.7. The Morgan fingerprint density at radius 1 is 1.11 bits per heavy atom. The molecule has 0 bridgehead atoms. The second-order valence-corrected chi connectivity index (χ2v) is 8.31. The summed E-state index contributed by atoms with van der Waals surface area (Å²) in [5.41, 5.74) is -1.92. The minimum absolute atomic E-state index is 0.0679. The second kappa shape index (κ2) is 6.85. The monoisotopic (exact) mass is 416 g/mol. The molecule has 0 aromatic heterocycles. The molecule has 1 amide bonds. The summed E-state index contributed by atoms with van der Waals surface area (Å²) >= 11 is 0. The Bertz CT molecular complexity index is 1030. The van der Waals surface area contributed by atoms with E-state index in [-0.39, 0.29) is 18.4 Å². The van der Waals surface area contributed by atoms with Gasteiger partial charge in [-0.3, -0.25) is 4.79 Å². The number of nitrogens with one attached hydrogen (secondary N) is 2. The smallest absolute Gasteiger partial charge is 0.322 e. The van der Waals surface area contributed by atoms with Gasteiger partial charge in [0.15, 0.2) is 0 Å². The van der Waals surface area contributed by atoms with Gasteiger partial charge in [0, 0.05) is 11.3 Å². The van der Waals surface area contributed by atoms with Crippen molar-refractivity contribution in [3.8, 4) is 0 Å². The molecule has 5 nitrogen and oxygen atoms in total. The van der Waals surface area contributed by atoms with Gasteiger partial charge >= 0.3 is 6.18 Å². The number of aryl methyl sites for hydroxylation is 1. The predicted octanol–water partition coefficient (Wildman–Crippen LogP) is 3.76. The fraction of sp³-hybridized carbons (Fsp3) is 0.278. The summed E-state index contributed by atoms with van der Waals surface area (Å²) in [7, 11) is -4.48. The van der Waals surface area contributed by atoms with Crippen molar-refractivity contribution in [1.82, 2.24) is 4.72 Å². The normalized spacial score (nSPS) is 15.9. The largest absolute Gasteiger partial charge is 0.407 e. The summed E-state index contributed by atoms with van der Waals surface area (Å²) in [6, 6.07) is 8.57. The fourth-order valence-corrected chi connectivity index (χ4v) is 4.11. The maximum absolute atomic E-state index is 13.3. The van der Waals surface area contributed by atoms with Crippen LogP contribution in [0, 0.1) is 12.7 Å². The van der Waals surface area contributed by atoms with Gasteiger partial charge < -0.3 is 5.32 Å². The lowest BCUT2D eigenvalue weighted by Crippen LogP contribution is -2.47. The number of hydrogen-bond donors (Lipinski definition) is 2. The first kappa shape index (κ1) is 20.3. The summed E-state index contributed by atoms with van der Waals surface area (Å²) in [4.78, 5) is 11.9. The number of benzene rings is 2. The Hall–Kier alpha value is -2.46. The van der Waals surface area contributed by atoms with Crippen molar-refractivity contribution >= 4 is 21.6 Å². The Morgan fingerprint density at radius 3 is 2.36 bits per heavy atom. The van der Waals surface area contributed by atoms with E-state index in [1.54, 1.807) is 4.72 Å². The van der Waals surface area contributed by atoms with Crippen LogP contribution in [0.4, 0.5) is 23.2 Å². The molecule has 0 spiro atoms. The first-order valence-electron chi connectivity index (χ1n) is 8.22. The van der Waals surface area contributed by atoms with Crippen LogP contribution in [-0.4, -0.2) is 26.0 Å². The van der Waals surface area contributed by atoms with Crippen molar-refractivity contribution < 1.29 is 30.8 Å². The number of halogens is 4. The first-order chi connectivity index (χ1) is 12.9. The molecule has 10 heteroatoms. The van der Waals surface area contributed by atoms with Gasteiger partial charge in [0.1, 0.15) is 11.4 Å². The molecule has 28 heavy (non-hydrogen) atoms. The van der Waals surface area contributed by atoms with E-state index >= 15 is 0 Å². The van der Waals surface area contributed by atoms with Gasteiger partial charge in [0.05, 0.1) is 4.90 Å². The standard InChI is InChI=1S/C18H16F4N2O3S/c1-11-9-13(5-6-15(11)19)23-16(25)12-3-2-4-14(10-12)28(26,27)24-17(7-8-17)18(20,21)22/h2-6,9-10,24H,7-8H2,1H3,(H,23,25). The zero-order valence-electron chi connectivity index (χ0n) is 14.6. The van der Waals surface area contributed by atoms with Gasteiger partial charge in [-0.15, -0.1) is 0 Å². The van der Waals surface area contributed by atoms with Crippen LogP contribution < -0.4 is 10.0 Å². The molecule has 0 saturated heterocycles. The summed E-state index contributed by atoms with van der Waals surface area (Å²) in [5, 5.41) is 2.49. The number of anilines is 1. The van der Waals surface area contributed by atoms with E-state index in [0.717, 1.165) is 12.1 Å². The van der Waals surface area contributed by atoms with E-state index in [1.165, 1.54) is 37.3 Å². The van der Waals surface area contributed by atoms with Crippen LogP contribution in [0.5, 0.6) is 0 Å². The third kappa shape index (κ3) is 4.02. The summed E-state index contributed by atoms with van der Waals surface area (Å²) in [5.74, 6) is -1.13. The molecule has 1 fully saturated rings. The van der Waals surface area contributed by atoms with Gasteiger partial charge in [-0.1, -0.05) is 6.07 Å². The van der Waals surface area contributed by atoms with Crippen molar-refractivity contribution in [2.45, 2.75) is 36.4 Å². The van der Waals surface area contributed by atoms with E-state index in [2.05, 4.69) is 5.32 Å². The summed E-state index contributed by atoms with van der Waals surface area (Å²) in [6.45, 7) is 1.51. The quantitative estimate of drug-likeness (QED) is 0.729. The molecule has 0 aliphatic heterocycles. The molecule has 3 rings (SSSR count). The number of rotatable bonds is 5. The van der Waals surface area contributed by atoms with Crippen LogP contribution >= 0.6 is 0 Å². The summed E-state index contributed by atoms with van der Waals surface area (Å²) in [6.07, 6.45) is -5.37. The highest BCUT2D eigenvalue weighted by Crippen LogP contribution is 2.49. The molecule has 1 aliphatic carbocycles. The van der Waals surface area contributed by atoms with Gasteiger partial charge in [-0.2, -0.15) is 17.9 Å². The van der Waals surface area contributed by atoms with Crippen LogP contribution in [0.25, 0.3) is 0 Å². The lowest BCUT2D eigenvalue weighted by Gasteiger charge is -2.20. The fourth-order valence-electron chi connectivity index (χ4n) is 2.61. The van der Waals surface area contributed by atoms with Crippen molar-refractivity contribution in [2.24, 2.45) is 0 Å². The Balaban J connectivity index is 1.81. The molecule has 150 valence electrons. The van der Waals surface area contributed by atoms with E-state index in [9.17, 15) is 30.8 Å². The van der Waals surface area contributed by atoms with Crippen LogP contribution in [-0.2, 0) is 10.0 Å². The van der Waals surface area contributed by atoms with E-state index in [0.29, 0.717) is 11.3 Å². The number of amides is 1. The molecule has 0 atom stereocenters. The highest BCUT2D eigenvalue weighted by molar-refractivity contribution is 7.89. The molecule has 2 aromatic carbocycles. The van der Waals surface area contributed by atoms with Crippen molar-refractivity contribution in [3.05, 3.63) is 59.4 Å². The number of carbonyl (C=O) groups excluding carboxylic acids is 1. The van der Waals surface area contributed by atoms with Gasteiger partial charge in [0.2, 0.25) is 10.0 Å². The van der Waals surface area contributed by atoms with Gasteiger partial charge in [0.25, 0.3) is 5.91 Å². The molecule has 0 heterocycles. The Labute approximate surface area is 158 Å². The molecule has 2 N–H and O–H groups in total. The topological polar surface area (TPSA) is 75.3 Å². The van der Waals surface area contributed by atoms with Crippen LogP contribution in [0.3, 0.4) is 0 Å². The van der Waals surface area contributed by atoms with Crippen molar-refractivity contribution in [3.63, 3.8) is 0 Å². The average Bonchev–Trinajstić information content (AvgIpc) is 3.38. The minimum Gasteiger partial charge on any atom is -0.322 e. The van der Waals surface area contributed by atoms with E-state index < -0.39 is 38.4 Å². The molecular formula is C18H16F4N2O3S. The minimum atomic E-state index is -4.70. The molecule has 2 aromatic rings. The van der Waals surface area contributed by atoms with Gasteiger partial charge in [-0.25, -0.2) is 12.8 Å². The molecule has 0 radical (unpaired) electrons.